The molecule has 3 heterocycles. The highest BCUT2D eigenvalue weighted by molar-refractivity contribution is 6.02. The minimum atomic E-state index is -0.307. The summed E-state index contributed by atoms with van der Waals surface area (Å²) in [7, 11) is 0. The molecule has 0 unspecified atom stereocenters. The topological polar surface area (TPSA) is 84.3 Å². The first-order chi connectivity index (χ1) is 15.7. The third-order valence-electron chi connectivity index (χ3n) is 5.37. The van der Waals surface area contributed by atoms with Crippen LogP contribution in [0.5, 0.6) is 0 Å². The fraction of sp³-hybridized carbons (Fsp3) is 0.160. The van der Waals surface area contributed by atoms with Gasteiger partial charge in [0, 0.05) is 30.2 Å². The Morgan fingerprint density at radius 1 is 1.06 bits per heavy atom. The third-order valence-corrected chi connectivity index (χ3v) is 5.37. The summed E-state index contributed by atoms with van der Waals surface area (Å²) in [4.78, 5) is 14.6. The average molecular weight is 424 g/mol. The Labute approximate surface area is 184 Å². The maximum atomic E-state index is 12.9. The second kappa shape index (κ2) is 8.53. The van der Waals surface area contributed by atoms with Crippen LogP contribution < -0.4 is 0 Å². The predicted octanol–water partition coefficient (Wildman–Crippen LogP) is 4.05. The lowest BCUT2D eigenvalue weighted by Gasteiger charge is -2.26. The van der Waals surface area contributed by atoms with E-state index in [1.807, 2.05) is 66.9 Å². The summed E-state index contributed by atoms with van der Waals surface area (Å²) in [6.07, 6.45) is 3.40. The second-order valence-corrected chi connectivity index (χ2v) is 7.44. The molecule has 0 radical (unpaired) electrons. The van der Waals surface area contributed by atoms with Crippen LogP contribution >= 0.6 is 0 Å². The standard InChI is InChI=1S/C25H20N4O3/c26-16-19(25(30)28-10-12-31-13-11-28)14-20-17-29(21-7-2-1-3-8-21)27-24(20)23-15-18-6-4-5-9-22(18)32-23/h1-9,14-15,17H,10-13H2/b19-14-. The summed E-state index contributed by atoms with van der Waals surface area (Å²) in [5.41, 5.74) is 2.86. The highest BCUT2D eigenvalue weighted by atomic mass is 16.5. The van der Waals surface area contributed by atoms with E-state index in [1.54, 1.807) is 15.7 Å². The number of amides is 1. The number of fused-ring (bicyclic) bond motifs is 1. The molecule has 1 amide bonds. The van der Waals surface area contributed by atoms with Gasteiger partial charge in [-0.3, -0.25) is 4.79 Å². The number of hydrogen-bond acceptors (Lipinski definition) is 5. The number of carbonyl (C=O) groups is 1. The lowest BCUT2D eigenvalue weighted by atomic mass is 10.1. The lowest BCUT2D eigenvalue weighted by Crippen LogP contribution is -2.41. The SMILES string of the molecule is N#C/C(=C/c1cn(-c2ccccc2)nc1-c1cc2ccccc2o1)C(=O)N1CCOCC1. The van der Waals surface area contributed by atoms with Crippen LogP contribution in [0.25, 0.3) is 34.2 Å². The first kappa shape index (κ1) is 19.8. The molecule has 0 atom stereocenters. The lowest BCUT2D eigenvalue weighted by molar-refractivity contribution is -0.130. The summed E-state index contributed by atoms with van der Waals surface area (Å²) >= 11 is 0. The van der Waals surface area contributed by atoms with Gasteiger partial charge < -0.3 is 14.1 Å². The molecule has 158 valence electrons. The minimum Gasteiger partial charge on any atom is -0.454 e. The first-order valence-electron chi connectivity index (χ1n) is 10.4. The zero-order chi connectivity index (χ0) is 21.9. The molecule has 0 spiro atoms. The molecule has 0 bridgehead atoms. The van der Waals surface area contributed by atoms with Crippen LogP contribution in [0.15, 0.2) is 76.9 Å². The van der Waals surface area contributed by atoms with Crippen LogP contribution in [0, 0.1) is 11.3 Å². The van der Waals surface area contributed by atoms with Crippen LogP contribution in [-0.4, -0.2) is 46.9 Å². The van der Waals surface area contributed by atoms with Crippen molar-refractivity contribution >= 4 is 23.0 Å². The number of ether oxygens (including phenoxy) is 1. The van der Waals surface area contributed by atoms with Crippen molar-refractivity contribution < 1.29 is 13.9 Å². The third kappa shape index (κ3) is 3.80. The number of hydrogen-bond donors (Lipinski definition) is 0. The van der Waals surface area contributed by atoms with E-state index >= 15 is 0 Å². The van der Waals surface area contributed by atoms with E-state index in [0.29, 0.717) is 43.3 Å². The van der Waals surface area contributed by atoms with E-state index in [-0.39, 0.29) is 11.5 Å². The highest BCUT2D eigenvalue weighted by Gasteiger charge is 2.22. The number of nitrogens with zero attached hydrogens (tertiary/aromatic N) is 4. The largest absolute Gasteiger partial charge is 0.454 e. The summed E-state index contributed by atoms with van der Waals surface area (Å²) in [5, 5.41) is 15.4. The van der Waals surface area contributed by atoms with Crippen molar-refractivity contribution in [2.45, 2.75) is 0 Å². The van der Waals surface area contributed by atoms with Gasteiger partial charge in [0.15, 0.2) is 5.76 Å². The van der Waals surface area contributed by atoms with Gasteiger partial charge in [0.2, 0.25) is 0 Å². The molecule has 0 aliphatic carbocycles. The van der Waals surface area contributed by atoms with Crippen LogP contribution in [-0.2, 0) is 9.53 Å². The Bertz CT molecular complexity index is 1310. The van der Waals surface area contributed by atoms with Gasteiger partial charge >= 0.3 is 0 Å². The Balaban J connectivity index is 1.61. The number of para-hydroxylation sites is 2. The van der Waals surface area contributed by atoms with Gasteiger partial charge in [-0.25, -0.2) is 4.68 Å². The number of benzene rings is 2. The average Bonchev–Trinajstić information content (AvgIpc) is 3.47. The quantitative estimate of drug-likeness (QED) is 0.364. The molecule has 1 fully saturated rings. The maximum absolute atomic E-state index is 12.9. The number of rotatable bonds is 4. The van der Waals surface area contributed by atoms with Crippen molar-refractivity contribution in [2.24, 2.45) is 0 Å². The number of furan rings is 1. The van der Waals surface area contributed by atoms with Crippen molar-refractivity contribution in [1.29, 1.82) is 5.26 Å². The molecule has 0 N–H and O–H groups in total. The number of morpholine rings is 1. The monoisotopic (exact) mass is 424 g/mol. The second-order valence-electron chi connectivity index (χ2n) is 7.44. The van der Waals surface area contributed by atoms with E-state index in [1.165, 1.54) is 0 Å². The number of aromatic nitrogens is 2. The van der Waals surface area contributed by atoms with Gasteiger partial charge in [-0.15, -0.1) is 0 Å². The summed E-state index contributed by atoms with van der Waals surface area (Å²) in [6, 6.07) is 21.4. The van der Waals surface area contributed by atoms with Crippen molar-refractivity contribution in [3.63, 3.8) is 0 Å². The van der Waals surface area contributed by atoms with Gasteiger partial charge in [0.1, 0.15) is 22.9 Å². The fourth-order valence-corrected chi connectivity index (χ4v) is 3.73. The van der Waals surface area contributed by atoms with Crippen LogP contribution in [0.1, 0.15) is 5.56 Å². The molecule has 1 saturated heterocycles. The fourth-order valence-electron chi connectivity index (χ4n) is 3.73. The molecule has 32 heavy (non-hydrogen) atoms. The molecule has 2 aromatic carbocycles. The van der Waals surface area contributed by atoms with Gasteiger partial charge in [-0.1, -0.05) is 36.4 Å². The molecule has 1 aliphatic heterocycles. The van der Waals surface area contributed by atoms with E-state index in [4.69, 9.17) is 14.3 Å². The first-order valence-corrected chi connectivity index (χ1v) is 10.4. The summed E-state index contributed by atoms with van der Waals surface area (Å²) in [6.45, 7) is 1.89. The highest BCUT2D eigenvalue weighted by Crippen LogP contribution is 2.31. The predicted molar refractivity (Wildman–Crippen MR) is 120 cm³/mol. The van der Waals surface area contributed by atoms with Crippen molar-refractivity contribution in [1.82, 2.24) is 14.7 Å². The van der Waals surface area contributed by atoms with Crippen molar-refractivity contribution in [3.8, 4) is 23.2 Å². The molecule has 7 nitrogen and oxygen atoms in total. The van der Waals surface area contributed by atoms with Crippen molar-refractivity contribution in [2.75, 3.05) is 26.3 Å². The van der Waals surface area contributed by atoms with Crippen LogP contribution in [0.3, 0.4) is 0 Å². The minimum absolute atomic E-state index is 0.0527. The van der Waals surface area contributed by atoms with Gasteiger partial charge in [-0.2, -0.15) is 10.4 Å². The molecule has 1 aliphatic rings. The van der Waals surface area contributed by atoms with Crippen LogP contribution in [0.2, 0.25) is 0 Å². The normalized spacial score (nSPS) is 14.5. The summed E-state index contributed by atoms with van der Waals surface area (Å²) in [5.74, 6) is 0.266. The Morgan fingerprint density at radius 2 is 1.81 bits per heavy atom. The molecular weight excluding hydrogens is 404 g/mol. The molecule has 4 aromatic rings. The zero-order valence-electron chi connectivity index (χ0n) is 17.3. The Hall–Kier alpha value is -4.15. The summed E-state index contributed by atoms with van der Waals surface area (Å²) < 4.78 is 13.1. The van der Waals surface area contributed by atoms with E-state index in [9.17, 15) is 10.1 Å². The molecular formula is C25H20N4O3. The van der Waals surface area contributed by atoms with Gasteiger partial charge in [0.25, 0.3) is 5.91 Å². The van der Waals surface area contributed by atoms with Gasteiger partial charge in [-0.05, 0) is 30.3 Å². The van der Waals surface area contributed by atoms with E-state index < -0.39 is 0 Å². The zero-order valence-corrected chi connectivity index (χ0v) is 17.3. The smallest absolute Gasteiger partial charge is 0.264 e. The molecule has 5 rings (SSSR count). The van der Waals surface area contributed by atoms with Crippen molar-refractivity contribution in [3.05, 3.63) is 78.0 Å². The molecule has 0 saturated carbocycles. The Morgan fingerprint density at radius 3 is 2.56 bits per heavy atom. The van der Waals surface area contributed by atoms with Crippen LogP contribution in [0.4, 0.5) is 0 Å². The van der Waals surface area contributed by atoms with Gasteiger partial charge in [0.05, 0.1) is 18.9 Å². The van der Waals surface area contributed by atoms with E-state index in [2.05, 4.69) is 6.07 Å². The Kier molecular flexibility index (Phi) is 5.28. The molecule has 7 heteroatoms. The number of carbonyl (C=O) groups excluding carboxylic acids is 1. The number of nitriles is 1. The maximum Gasteiger partial charge on any atom is 0.264 e. The molecule has 2 aromatic heterocycles. The van der Waals surface area contributed by atoms with E-state index in [0.717, 1.165) is 16.7 Å².